The molecule has 0 spiro atoms. The minimum atomic E-state index is 0.542. The van der Waals surface area contributed by atoms with Gasteiger partial charge in [-0.25, -0.2) is 4.68 Å². The van der Waals surface area contributed by atoms with E-state index in [0.29, 0.717) is 12.0 Å². The Morgan fingerprint density at radius 2 is 1.88 bits per heavy atom. The topological polar surface area (TPSA) is 55.6 Å². The summed E-state index contributed by atoms with van der Waals surface area (Å²) in [7, 11) is 0. The second-order valence-corrected chi connectivity index (χ2v) is 8.81. The molecule has 3 aromatic heterocycles. The molecule has 1 N–H and O–H groups in total. The zero-order valence-corrected chi connectivity index (χ0v) is 16.3. The van der Waals surface area contributed by atoms with Crippen LogP contribution in [-0.2, 0) is 12.8 Å². The Kier molecular flexibility index (Phi) is 3.96. The van der Waals surface area contributed by atoms with Crippen LogP contribution in [0.25, 0.3) is 16.2 Å². The number of rotatable bonds is 3. The molecule has 0 atom stereocenters. The van der Waals surface area contributed by atoms with Crippen molar-refractivity contribution in [2.24, 2.45) is 0 Å². The lowest BCUT2D eigenvalue weighted by Crippen LogP contribution is -2.17. The first-order chi connectivity index (χ1) is 12.7. The van der Waals surface area contributed by atoms with Gasteiger partial charge < -0.3 is 5.32 Å². The third-order valence-electron chi connectivity index (χ3n) is 5.70. The Balaban J connectivity index is 1.69. The molecule has 2 aliphatic rings. The van der Waals surface area contributed by atoms with Crippen molar-refractivity contribution in [1.82, 2.24) is 19.7 Å². The Morgan fingerprint density at radius 1 is 1.08 bits per heavy atom. The standard InChI is InChI=1S/C20H25N5S/c1-12-11-13(2)25(24-12)20-22-18(21-14-7-3-4-8-14)17-15-9-5-6-10-16(15)26-19(17)23-20/h11,14H,3-10H2,1-2H3,(H,21,22,23). The fourth-order valence-corrected chi connectivity index (χ4v) is 5.70. The van der Waals surface area contributed by atoms with Gasteiger partial charge in [-0.1, -0.05) is 12.8 Å². The maximum absolute atomic E-state index is 4.97. The van der Waals surface area contributed by atoms with Gasteiger partial charge in [-0.05, 0) is 64.0 Å². The first-order valence-electron chi connectivity index (χ1n) is 9.81. The molecule has 3 aromatic rings. The quantitative estimate of drug-likeness (QED) is 0.727. The minimum absolute atomic E-state index is 0.542. The van der Waals surface area contributed by atoms with E-state index >= 15 is 0 Å². The Hall–Kier alpha value is -1.95. The summed E-state index contributed by atoms with van der Waals surface area (Å²) >= 11 is 1.86. The van der Waals surface area contributed by atoms with Crippen LogP contribution in [0.3, 0.4) is 0 Å². The monoisotopic (exact) mass is 367 g/mol. The lowest BCUT2D eigenvalue weighted by molar-refractivity contribution is 0.699. The lowest BCUT2D eigenvalue weighted by atomic mass is 9.97. The van der Waals surface area contributed by atoms with E-state index < -0.39 is 0 Å². The highest BCUT2D eigenvalue weighted by molar-refractivity contribution is 7.19. The first kappa shape index (κ1) is 16.2. The summed E-state index contributed by atoms with van der Waals surface area (Å²) in [6.45, 7) is 4.08. The van der Waals surface area contributed by atoms with Crippen LogP contribution in [0.1, 0.15) is 60.4 Å². The third-order valence-corrected chi connectivity index (χ3v) is 6.88. The van der Waals surface area contributed by atoms with Gasteiger partial charge in [0.2, 0.25) is 0 Å². The van der Waals surface area contributed by atoms with Gasteiger partial charge in [0.1, 0.15) is 10.6 Å². The van der Waals surface area contributed by atoms with E-state index in [1.807, 2.05) is 22.9 Å². The van der Waals surface area contributed by atoms with Crippen LogP contribution in [0.4, 0.5) is 5.82 Å². The Bertz CT molecular complexity index is 964. The number of anilines is 1. The highest BCUT2D eigenvalue weighted by Gasteiger charge is 2.24. The van der Waals surface area contributed by atoms with Gasteiger partial charge in [-0.2, -0.15) is 15.1 Å². The fraction of sp³-hybridized carbons (Fsp3) is 0.550. The van der Waals surface area contributed by atoms with E-state index in [9.17, 15) is 0 Å². The lowest BCUT2D eigenvalue weighted by Gasteiger charge is -2.17. The van der Waals surface area contributed by atoms with E-state index in [4.69, 9.17) is 9.97 Å². The number of nitrogens with zero attached hydrogens (tertiary/aromatic N) is 4. The first-order valence-corrected chi connectivity index (χ1v) is 10.6. The SMILES string of the molecule is Cc1cc(C)n(-c2nc(NC3CCCC3)c3c4c(sc3n2)CCCC4)n1. The average Bonchev–Trinajstić information content (AvgIpc) is 3.33. The van der Waals surface area contributed by atoms with Crippen molar-refractivity contribution >= 4 is 27.4 Å². The predicted molar refractivity (Wildman–Crippen MR) is 107 cm³/mol. The number of fused-ring (bicyclic) bond motifs is 3. The molecule has 0 amide bonds. The molecule has 0 unspecified atom stereocenters. The van der Waals surface area contributed by atoms with E-state index in [-0.39, 0.29) is 0 Å². The molecule has 0 radical (unpaired) electrons. The van der Waals surface area contributed by atoms with Crippen molar-refractivity contribution in [2.45, 2.75) is 71.3 Å². The Labute approximate surface area is 157 Å². The Morgan fingerprint density at radius 3 is 2.65 bits per heavy atom. The van der Waals surface area contributed by atoms with Crippen LogP contribution in [-0.4, -0.2) is 25.8 Å². The average molecular weight is 368 g/mol. The van der Waals surface area contributed by atoms with Gasteiger partial charge in [0.15, 0.2) is 0 Å². The highest BCUT2D eigenvalue weighted by atomic mass is 32.1. The number of aromatic nitrogens is 4. The second-order valence-electron chi connectivity index (χ2n) is 7.73. The maximum Gasteiger partial charge on any atom is 0.254 e. The molecule has 6 heteroatoms. The molecule has 0 saturated heterocycles. The molecular formula is C20H25N5S. The van der Waals surface area contributed by atoms with Crippen LogP contribution in [0, 0.1) is 13.8 Å². The normalized spacial score (nSPS) is 17.8. The molecule has 1 fully saturated rings. The van der Waals surface area contributed by atoms with Gasteiger partial charge in [0, 0.05) is 16.6 Å². The minimum Gasteiger partial charge on any atom is -0.367 e. The van der Waals surface area contributed by atoms with Gasteiger partial charge in [0.25, 0.3) is 5.95 Å². The molecule has 5 nitrogen and oxygen atoms in total. The summed E-state index contributed by atoms with van der Waals surface area (Å²) in [4.78, 5) is 12.5. The summed E-state index contributed by atoms with van der Waals surface area (Å²) < 4.78 is 1.88. The van der Waals surface area contributed by atoms with Crippen molar-refractivity contribution in [3.8, 4) is 5.95 Å². The zero-order chi connectivity index (χ0) is 17.7. The molecule has 1 saturated carbocycles. The number of thiophene rings is 1. The van der Waals surface area contributed by atoms with E-state index in [0.717, 1.165) is 28.5 Å². The smallest absolute Gasteiger partial charge is 0.254 e. The molecule has 3 heterocycles. The largest absolute Gasteiger partial charge is 0.367 e. The number of aryl methyl sites for hydroxylation is 4. The van der Waals surface area contributed by atoms with Crippen LogP contribution < -0.4 is 5.32 Å². The predicted octanol–water partition coefficient (Wildman–Crippen LogP) is 4.73. The number of nitrogens with one attached hydrogen (secondary N) is 1. The maximum atomic E-state index is 4.97. The molecule has 5 rings (SSSR count). The molecule has 0 bridgehead atoms. The van der Waals surface area contributed by atoms with Crippen molar-refractivity contribution in [1.29, 1.82) is 0 Å². The van der Waals surface area contributed by atoms with Gasteiger partial charge in [-0.15, -0.1) is 11.3 Å². The van der Waals surface area contributed by atoms with Crippen molar-refractivity contribution in [3.05, 3.63) is 27.9 Å². The van der Waals surface area contributed by atoms with Crippen molar-refractivity contribution < 1.29 is 0 Å². The molecule has 26 heavy (non-hydrogen) atoms. The number of hydrogen-bond acceptors (Lipinski definition) is 5. The van der Waals surface area contributed by atoms with Crippen molar-refractivity contribution in [2.75, 3.05) is 5.32 Å². The van der Waals surface area contributed by atoms with Gasteiger partial charge in [-0.3, -0.25) is 0 Å². The molecule has 2 aliphatic carbocycles. The second kappa shape index (κ2) is 6.34. The zero-order valence-electron chi connectivity index (χ0n) is 15.5. The molecule has 0 aromatic carbocycles. The fourth-order valence-electron chi connectivity index (χ4n) is 4.44. The van der Waals surface area contributed by atoms with Crippen molar-refractivity contribution in [3.63, 3.8) is 0 Å². The molecular weight excluding hydrogens is 342 g/mol. The molecule has 136 valence electrons. The van der Waals surface area contributed by atoms with Crippen LogP contribution in [0.2, 0.25) is 0 Å². The summed E-state index contributed by atoms with van der Waals surface area (Å²) in [5.41, 5.74) is 3.58. The van der Waals surface area contributed by atoms with Gasteiger partial charge in [0.05, 0.1) is 11.1 Å². The van der Waals surface area contributed by atoms with Crippen LogP contribution >= 0.6 is 11.3 Å². The summed E-state index contributed by atoms with van der Waals surface area (Å²) in [5, 5.41) is 9.66. The van der Waals surface area contributed by atoms with Gasteiger partial charge >= 0.3 is 0 Å². The summed E-state index contributed by atoms with van der Waals surface area (Å²) in [6, 6.07) is 2.62. The van der Waals surface area contributed by atoms with Crippen LogP contribution in [0.5, 0.6) is 0 Å². The van der Waals surface area contributed by atoms with E-state index in [1.165, 1.54) is 60.8 Å². The number of hydrogen-bond donors (Lipinski definition) is 1. The third kappa shape index (κ3) is 2.71. The molecule has 0 aliphatic heterocycles. The van der Waals surface area contributed by atoms with E-state index in [1.54, 1.807) is 0 Å². The summed E-state index contributed by atoms with van der Waals surface area (Å²) in [6.07, 6.45) is 10.0. The highest BCUT2D eigenvalue weighted by Crippen LogP contribution is 2.39. The van der Waals surface area contributed by atoms with E-state index in [2.05, 4.69) is 23.4 Å². The summed E-state index contributed by atoms with van der Waals surface area (Å²) in [5.74, 6) is 1.73. The van der Waals surface area contributed by atoms with Crippen LogP contribution in [0.15, 0.2) is 6.07 Å².